The molecule has 1 aromatic heterocycles. The molecule has 0 aliphatic carbocycles. The van der Waals surface area contributed by atoms with Crippen LogP contribution < -0.4 is 21.4 Å². The highest BCUT2D eigenvalue weighted by molar-refractivity contribution is 6.45. The Kier molecular flexibility index (Phi) is 9.78. The van der Waals surface area contributed by atoms with Gasteiger partial charge in [-0.25, -0.2) is 9.87 Å². The van der Waals surface area contributed by atoms with Crippen LogP contribution in [0.2, 0.25) is 0 Å². The lowest BCUT2D eigenvalue weighted by Crippen LogP contribution is -2.56. The van der Waals surface area contributed by atoms with Crippen molar-refractivity contribution in [3.63, 3.8) is 0 Å². The summed E-state index contributed by atoms with van der Waals surface area (Å²) >= 11 is 0. The monoisotopic (exact) mass is 623 g/mol. The van der Waals surface area contributed by atoms with E-state index in [4.69, 9.17) is 5.21 Å². The zero-order valence-electron chi connectivity index (χ0n) is 24.4. The highest BCUT2D eigenvalue weighted by Crippen LogP contribution is 2.19. The van der Waals surface area contributed by atoms with E-state index in [1.54, 1.807) is 24.3 Å². The van der Waals surface area contributed by atoms with Crippen LogP contribution in [0, 0.1) is 5.82 Å². The summed E-state index contributed by atoms with van der Waals surface area (Å²) in [4.78, 5) is 68.1. The average molecular weight is 624 g/mol. The number of aromatic amines is 1. The molecule has 5 rings (SSSR count). The van der Waals surface area contributed by atoms with Crippen molar-refractivity contribution >= 4 is 51.1 Å². The van der Waals surface area contributed by atoms with Crippen LogP contribution >= 0.6 is 0 Å². The number of ketones is 1. The third-order valence-electron chi connectivity index (χ3n) is 7.50. The van der Waals surface area contributed by atoms with Gasteiger partial charge in [-0.3, -0.25) is 29.2 Å². The lowest BCUT2D eigenvalue weighted by molar-refractivity contribution is -0.135. The fourth-order valence-electron chi connectivity index (χ4n) is 5.14. The van der Waals surface area contributed by atoms with Gasteiger partial charge in [-0.2, -0.15) is 0 Å². The predicted octanol–water partition coefficient (Wildman–Crippen LogP) is 3.07. The van der Waals surface area contributed by atoms with Crippen molar-refractivity contribution in [1.29, 1.82) is 0 Å². The molecule has 0 fully saturated rings. The quantitative estimate of drug-likeness (QED) is 0.0540. The van der Waals surface area contributed by atoms with Crippen molar-refractivity contribution in [2.75, 3.05) is 0 Å². The third kappa shape index (κ3) is 7.42. The molecule has 0 spiro atoms. The molecule has 0 saturated heterocycles. The zero-order valence-corrected chi connectivity index (χ0v) is 24.4. The fraction of sp³-hybridized carbons (Fsp3) is 0.147. The molecule has 5 aromatic rings. The number of carbonyl (C=O) groups is 5. The van der Waals surface area contributed by atoms with Crippen LogP contribution in [-0.2, 0) is 32.1 Å². The molecule has 0 saturated carbocycles. The minimum atomic E-state index is -1.64. The number of Topliss-reactive ketones (excluding diaryl/α,β-unsaturated/α-hetero) is 1. The van der Waals surface area contributed by atoms with Crippen molar-refractivity contribution in [2.45, 2.75) is 31.5 Å². The van der Waals surface area contributed by atoms with Gasteiger partial charge in [0, 0.05) is 30.1 Å². The molecule has 0 bridgehead atoms. The second-order valence-corrected chi connectivity index (χ2v) is 10.6. The van der Waals surface area contributed by atoms with Crippen LogP contribution in [0.4, 0.5) is 4.39 Å². The number of aromatic nitrogens is 1. The van der Waals surface area contributed by atoms with Gasteiger partial charge >= 0.3 is 0 Å². The van der Waals surface area contributed by atoms with Crippen LogP contribution in [-0.4, -0.2) is 51.7 Å². The molecule has 4 amide bonds. The molecule has 12 heteroatoms. The Balaban J connectivity index is 1.35. The van der Waals surface area contributed by atoms with Crippen molar-refractivity contribution in [3.8, 4) is 0 Å². The Bertz CT molecular complexity index is 1920. The number of hydrogen-bond donors (Lipinski definition) is 6. The average Bonchev–Trinajstić information content (AvgIpc) is 3.51. The van der Waals surface area contributed by atoms with E-state index < -0.39 is 53.7 Å². The topological polar surface area (TPSA) is 169 Å². The number of carbonyl (C=O) groups excluding carboxylic acids is 5. The van der Waals surface area contributed by atoms with Gasteiger partial charge < -0.3 is 20.9 Å². The summed E-state index contributed by atoms with van der Waals surface area (Å²) in [5.74, 6) is -5.19. The molecule has 11 nitrogen and oxygen atoms in total. The lowest BCUT2D eigenvalue weighted by atomic mass is 10.0. The number of hydroxylamine groups is 1. The van der Waals surface area contributed by atoms with E-state index in [0.29, 0.717) is 16.5 Å². The molecule has 6 N–H and O–H groups in total. The zero-order chi connectivity index (χ0) is 32.6. The van der Waals surface area contributed by atoms with Crippen LogP contribution in [0.25, 0.3) is 21.7 Å². The molecular formula is C34H30FN5O6. The number of hydrogen-bond acceptors (Lipinski definition) is 6. The van der Waals surface area contributed by atoms with E-state index in [2.05, 4.69) is 20.9 Å². The summed E-state index contributed by atoms with van der Waals surface area (Å²) in [5.41, 5.74) is 3.43. The number of benzene rings is 4. The first-order chi connectivity index (χ1) is 22.2. The van der Waals surface area contributed by atoms with E-state index in [1.807, 2.05) is 42.5 Å². The van der Waals surface area contributed by atoms with E-state index in [-0.39, 0.29) is 18.5 Å². The highest BCUT2D eigenvalue weighted by atomic mass is 19.1. The maximum Gasteiger partial charge on any atom is 0.293 e. The predicted molar refractivity (Wildman–Crippen MR) is 167 cm³/mol. The Morgan fingerprint density at radius 2 is 1.46 bits per heavy atom. The highest BCUT2D eigenvalue weighted by Gasteiger charge is 2.31. The van der Waals surface area contributed by atoms with Crippen molar-refractivity contribution in [2.24, 2.45) is 0 Å². The van der Waals surface area contributed by atoms with E-state index in [1.165, 1.54) is 35.9 Å². The summed E-state index contributed by atoms with van der Waals surface area (Å²) < 4.78 is 13.6. The van der Waals surface area contributed by atoms with Gasteiger partial charge in [0.2, 0.25) is 17.7 Å². The summed E-state index contributed by atoms with van der Waals surface area (Å²) in [6, 6.07) is 22.6. The van der Waals surface area contributed by atoms with Gasteiger partial charge in [0.25, 0.3) is 11.7 Å². The molecule has 2 atom stereocenters. The van der Waals surface area contributed by atoms with Crippen molar-refractivity contribution in [3.05, 3.63) is 120 Å². The molecule has 234 valence electrons. The number of H-pyrrole nitrogens is 1. The first-order valence-corrected chi connectivity index (χ1v) is 14.4. The van der Waals surface area contributed by atoms with Crippen LogP contribution in [0.15, 0.2) is 97.2 Å². The van der Waals surface area contributed by atoms with E-state index in [9.17, 15) is 28.4 Å². The summed E-state index contributed by atoms with van der Waals surface area (Å²) in [6.45, 7) is 0.127. The largest absolute Gasteiger partial charge is 0.360 e. The Morgan fingerprint density at radius 1 is 0.761 bits per heavy atom. The number of amides is 4. The number of rotatable bonds is 12. The smallest absolute Gasteiger partial charge is 0.293 e. The SMILES string of the molecule is O=C(C[C@H](NC(=O)C(=O)c1c[nH]c2ccccc12)C(=O)N[C@@H](Cc1ccc(F)cc1)C(=O)NCc1cccc2ccccc12)NO. The fourth-order valence-corrected chi connectivity index (χ4v) is 5.14. The maximum atomic E-state index is 13.6. The molecule has 0 aliphatic heterocycles. The van der Waals surface area contributed by atoms with Gasteiger partial charge in [0.05, 0.1) is 12.0 Å². The van der Waals surface area contributed by atoms with Gasteiger partial charge in [0.15, 0.2) is 0 Å². The number of nitrogens with one attached hydrogen (secondary N) is 5. The molecule has 0 radical (unpaired) electrons. The summed E-state index contributed by atoms with van der Waals surface area (Å²) in [7, 11) is 0. The Hall–Kier alpha value is -5.88. The van der Waals surface area contributed by atoms with Crippen molar-refractivity contribution in [1.82, 2.24) is 26.4 Å². The Labute approximate surface area is 262 Å². The third-order valence-corrected chi connectivity index (χ3v) is 7.50. The second-order valence-electron chi connectivity index (χ2n) is 10.6. The molecule has 4 aromatic carbocycles. The van der Waals surface area contributed by atoms with E-state index in [0.717, 1.165) is 16.3 Å². The number of halogens is 1. The standard InChI is InChI=1S/C34H30FN5O6/c35-23-14-12-20(13-15-23)16-28(32(43)37-18-22-8-5-7-21-6-1-2-9-24(21)22)38-33(44)29(17-30(41)40-46)39-34(45)31(42)26-19-36-27-11-4-3-10-25(26)27/h1-15,19,28-29,36,46H,16-18H2,(H,37,43)(H,38,44)(H,39,45)(H,40,41)/t28-,29-/m0/s1. The van der Waals surface area contributed by atoms with Gasteiger partial charge in [-0.15, -0.1) is 0 Å². The Morgan fingerprint density at radius 3 is 2.22 bits per heavy atom. The maximum absolute atomic E-state index is 13.6. The van der Waals surface area contributed by atoms with Crippen LogP contribution in [0.1, 0.15) is 27.9 Å². The molecule has 1 heterocycles. The summed E-state index contributed by atoms with van der Waals surface area (Å²) in [5, 5.41) is 19.1. The van der Waals surface area contributed by atoms with Crippen molar-refractivity contribution < 1.29 is 33.6 Å². The van der Waals surface area contributed by atoms with Gasteiger partial charge in [0.1, 0.15) is 17.9 Å². The first kappa shape index (κ1) is 31.5. The van der Waals surface area contributed by atoms with Crippen LogP contribution in [0.3, 0.4) is 0 Å². The minimum absolute atomic E-state index is 0.0564. The molecule has 0 aliphatic rings. The van der Waals surface area contributed by atoms with Gasteiger partial charge in [-0.05, 0) is 40.1 Å². The number of para-hydroxylation sites is 1. The normalized spacial score (nSPS) is 12.2. The molecular weight excluding hydrogens is 593 g/mol. The van der Waals surface area contributed by atoms with Gasteiger partial charge in [-0.1, -0.05) is 72.8 Å². The summed E-state index contributed by atoms with van der Waals surface area (Å²) in [6.07, 6.45) is 0.561. The lowest BCUT2D eigenvalue weighted by Gasteiger charge is -2.23. The number of fused-ring (bicyclic) bond motifs is 2. The molecule has 46 heavy (non-hydrogen) atoms. The minimum Gasteiger partial charge on any atom is -0.360 e. The van der Waals surface area contributed by atoms with E-state index >= 15 is 0 Å². The molecule has 0 unspecified atom stereocenters. The first-order valence-electron chi connectivity index (χ1n) is 14.4. The van der Waals surface area contributed by atoms with Crippen LogP contribution in [0.5, 0.6) is 0 Å². The second kappa shape index (κ2) is 14.3.